The second-order valence-corrected chi connectivity index (χ2v) is 4.09. The minimum Gasteiger partial charge on any atom is -0.482 e. The third-order valence-corrected chi connectivity index (χ3v) is 2.75. The van der Waals surface area contributed by atoms with E-state index in [1.54, 1.807) is 0 Å². The van der Waals surface area contributed by atoms with Crippen LogP contribution in [0.15, 0.2) is 36.4 Å². The summed E-state index contributed by atoms with van der Waals surface area (Å²) in [5.41, 5.74) is -0.578. The number of carbonyl (C=O) groups excluding carboxylic acids is 1. The lowest BCUT2D eigenvalue weighted by Crippen LogP contribution is -2.04. The molecule has 0 aromatic heterocycles. The van der Waals surface area contributed by atoms with Gasteiger partial charge in [0.2, 0.25) is 0 Å². The van der Waals surface area contributed by atoms with E-state index in [-0.39, 0.29) is 16.9 Å². The fourth-order valence-electron chi connectivity index (χ4n) is 1.69. The van der Waals surface area contributed by atoms with Crippen molar-refractivity contribution in [3.63, 3.8) is 0 Å². The maximum atomic E-state index is 13.4. The van der Waals surface area contributed by atoms with Crippen molar-refractivity contribution in [3.05, 3.63) is 69.3 Å². The van der Waals surface area contributed by atoms with Gasteiger partial charge in [-0.15, -0.1) is 0 Å². The summed E-state index contributed by atoms with van der Waals surface area (Å²) in [5, 5.41) is 10.9. The summed E-state index contributed by atoms with van der Waals surface area (Å²) in [6, 6.07) is 6.79. The maximum absolute atomic E-state index is 13.4. The van der Waals surface area contributed by atoms with E-state index in [9.17, 15) is 23.7 Å². The molecule has 2 rings (SSSR count). The van der Waals surface area contributed by atoms with E-state index in [0.717, 1.165) is 24.3 Å². The van der Waals surface area contributed by atoms with E-state index in [0.29, 0.717) is 6.29 Å². The van der Waals surface area contributed by atoms with Crippen LogP contribution in [0.2, 0.25) is 0 Å². The van der Waals surface area contributed by atoms with Crippen LogP contribution in [0.25, 0.3) is 0 Å². The van der Waals surface area contributed by atoms with Crippen molar-refractivity contribution in [3.8, 4) is 5.75 Å². The predicted molar refractivity (Wildman–Crippen MR) is 69.2 cm³/mol. The van der Waals surface area contributed by atoms with Crippen LogP contribution in [-0.4, -0.2) is 11.2 Å². The highest BCUT2D eigenvalue weighted by molar-refractivity contribution is 5.76. The second kappa shape index (κ2) is 6.08. The second-order valence-electron chi connectivity index (χ2n) is 4.09. The van der Waals surface area contributed by atoms with Crippen LogP contribution in [-0.2, 0) is 6.61 Å². The van der Waals surface area contributed by atoms with Crippen molar-refractivity contribution >= 4 is 12.0 Å². The van der Waals surface area contributed by atoms with Crippen molar-refractivity contribution in [2.75, 3.05) is 0 Å². The monoisotopic (exact) mass is 293 g/mol. The molecule has 0 bridgehead atoms. The van der Waals surface area contributed by atoms with E-state index < -0.39 is 28.9 Å². The zero-order valence-corrected chi connectivity index (χ0v) is 10.6. The summed E-state index contributed by atoms with van der Waals surface area (Å²) in [6.07, 6.45) is 0.486. The van der Waals surface area contributed by atoms with E-state index in [1.165, 1.54) is 12.1 Å². The van der Waals surface area contributed by atoms with Crippen LogP contribution in [0.5, 0.6) is 5.75 Å². The van der Waals surface area contributed by atoms with Crippen molar-refractivity contribution in [1.82, 2.24) is 0 Å². The molecule has 0 radical (unpaired) electrons. The van der Waals surface area contributed by atoms with E-state index in [2.05, 4.69) is 0 Å². The Hall–Kier alpha value is -2.83. The van der Waals surface area contributed by atoms with Gasteiger partial charge in [-0.2, -0.15) is 0 Å². The number of hydrogen-bond donors (Lipinski definition) is 0. The molecular weight excluding hydrogens is 284 g/mol. The fourth-order valence-corrected chi connectivity index (χ4v) is 1.69. The Balaban J connectivity index is 2.30. The summed E-state index contributed by atoms with van der Waals surface area (Å²) in [4.78, 5) is 20.8. The molecule has 5 nitrogen and oxygen atoms in total. The van der Waals surface area contributed by atoms with Crippen LogP contribution in [0.4, 0.5) is 14.5 Å². The molecule has 0 atom stereocenters. The Labute approximate surface area is 117 Å². The quantitative estimate of drug-likeness (QED) is 0.482. The lowest BCUT2D eigenvalue weighted by atomic mass is 10.2. The first kappa shape index (κ1) is 14.6. The third kappa shape index (κ3) is 3.19. The van der Waals surface area contributed by atoms with Gasteiger partial charge in [0.05, 0.1) is 10.5 Å². The van der Waals surface area contributed by atoms with Gasteiger partial charge in [-0.3, -0.25) is 14.9 Å². The average molecular weight is 293 g/mol. The molecule has 0 spiro atoms. The van der Waals surface area contributed by atoms with Gasteiger partial charge < -0.3 is 4.74 Å². The molecule has 0 unspecified atom stereocenters. The summed E-state index contributed by atoms with van der Waals surface area (Å²) < 4.78 is 32.0. The first-order valence-corrected chi connectivity index (χ1v) is 5.82. The molecule has 0 aliphatic heterocycles. The molecule has 0 aliphatic rings. The number of nitro groups is 1. The molecule has 0 amide bonds. The number of hydrogen-bond acceptors (Lipinski definition) is 4. The number of benzene rings is 2. The average Bonchev–Trinajstić information content (AvgIpc) is 2.46. The normalized spacial score (nSPS) is 10.2. The number of nitrogens with zero attached hydrogens (tertiary/aromatic N) is 1. The van der Waals surface area contributed by atoms with E-state index in [4.69, 9.17) is 4.74 Å². The Kier molecular flexibility index (Phi) is 4.22. The smallest absolute Gasteiger partial charge is 0.310 e. The number of aldehydes is 1. The van der Waals surface area contributed by atoms with Gasteiger partial charge >= 0.3 is 5.69 Å². The Bertz CT molecular complexity index is 683. The number of carbonyl (C=O) groups is 1. The summed E-state index contributed by atoms with van der Waals surface area (Å²) in [6.45, 7) is -0.526. The zero-order valence-electron chi connectivity index (χ0n) is 10.6. The Morgan fingerprint density at radius 1 is 1.19 bits per heavy atom. The van der Waals surface area contributed by atoms with Crippen LogP contribution >= 0.6 is 0 Å². The third-order valence-electron chi connectivity index (χ3n) is 2.75. The Morgan fingerprint density at radius 3 is 2.43 bits per heavy atom. The maximum Gasteiger partial charge on any atom is 0.310 e. The summed E-state index contributed by atoms with van der Waals surface area (Å²) in [7, 11) is 0. The van der Waals surface area contributed by atoms with Crippen molar-refractivity contribution in [1.29, 1.82) is 0 Å². The summed E-state index contributed by atoms with van der Waals surface area (Å²) in [5.74, 6) is -1.86. The molecule has 108 valence electrons. The highest BCUT2D eigenvalue weighted by Gasteiger charge is 2.17. The van der Waals surface area contributed by atoms with Gasteiger partial charge in [-0.1, -0.05) is 6.07 Å². The van der Waals surface area contributed by atoms with Gasteiger partial charge in [0.15, 0.2) is 5.75 Å². The molecule has 0 saturated carbocycles. The molecule has 0 saturated heterocycles. The van der Waals surface area contributed by atoms with Crippen molar-refractivity contribution < 1.29 is 23.2 Å². The first-order valence-electron chi connectivity index (χ1n) is 5.82. The molecule has 0 fully saturated rings. The van der Waals surface area contributed by atoms with Crippen LogP contribution < -0.4 is 4.74 Å². The highest BCUT2D eigenvalue weighted by Crippen LogP contribution is 2.28. The minimum atomic E-state index is -0.816. The fraction of sp³-hybridized carbons (Fsp3) is 0.0714. The molecule has 2 aromatic rings. The van der Waals surface area contributed by atoms with Crippen LogP contribution in [0, 0.1) is 21.7 Å². The molecular formula is C14H9F2NO4. The zero-order chi connectivity index (χ0) is 15.4. The summed E-state index contributed by atoms with van der Waals surface area (Å²) >= 11 is 0. The van der Waals surface area contributed by atoms with Gasteiger partial charge in [-0.25, -0.2) is 8.78 Å². The largest absolute Gasteiger partial charge is 0.482 e. The molecule has 0 aliphatic carbocycles. The lowest BCUT2D eigenvalue weighted by molar-refractivity contribution is -0.386. The van der Waals surface area contributed by atoms with E-state index >= 15 is 0 Å². The van der Waals surface area contributed by atoms with E-state index in [1.807, 2.05) is 0 Å². The molecule has 21 heavy (non-hydrogen) atoms. The lowest BCUT2D eigenvalue weighted by Gasteiger charge is -2.09. The number of halogens is 2. The topological polar surface area (TPSA) is 69.4 Å². The molecule has 2 aromatic carbocycles. The van der Waals surface area contributed by atoms with Gasteiger partial charge in [0.1, 0.15) is 24.5 Å². The van der Waals surface area contributed by atoms with Crippen LogP contribution in [0.3, 0.4) is 0 Å². The molecule has 7 heteroatoms. The Morgan fingerprint density at radius 2 is 1.86 bits per heavy atom. The van der Waals surface area contributed by atoms with Crippen LogP contribution in [0.1, 0.15) is 15.9 Å². The number of rotatable bonds is 5. The number of ether oxygens (including phenoxy) is 1. The van der Waals surface area contributed by atoms with Gasteiger partial charge in [-0.05, 0) is 24.3 Å². The number of nitro benzene ring substituents is 1. The van der Waals surface area contributed by atoms with Crippen molar-refractivity contribution in [2.45, 2.75) is 6.61 Å². The molecule has 0 N–H and O–H groups in total. The van der Waals surface area contributed by atoms with Gasteiger partial charge in [0.25, 0.3) is 0 Å². The molecule has 0 heterocycles. The van der Waals surface area contributed by atoms with Gasteiger partial charge in [0, 0.05) is 11.6 Å². The first-order chi connectivity index (χ1) is 10.0. The minimum absolute atomic E-state index is 0.157. The van der Waals surface area contributed by atoms with Crippen molar-refractivity contribution in [2.24, 2.45) is 0 Å². The predicted octanol–water partition coefficient (Wildman–Crippen LogP) is 3.26. The SMILES string of the molecule is O=Cc1ccc([N+](=O)[O-])c(OCc2c(F)cccc2F)c1. The standard InChI is InChI=1S/C14H9F2NO4/c15-11-2-1-3-12(16)10(11)8-21-14-6-9(7-18)4-5-13(14)17(19)20/h1-7H,8H2. The highest BCUT2D eigenvalue weighted by atomic mass is 19.1.